The molecular formula is C17H35N3. The molecule has 0 spiro atoms. The summed E-state index contributed by atoms with van der Waals surface area (Å²) in [5.41, 5.74) is 0.512. The van der Waals surface area contributed by atoms with Crippen LogP contribution in [-0.4, -0.2) is 50.2 Å². The molecule has 0 bridgehead atoms. The van der Waals surface area contributed by atoms with Crippen molar-refractivity contribution in [3.63, 3.8) is 0 Å². The summed E-state index contributed by atoms with van der Waals surface area (Å²) < 4.78 is 0. The van der Waals surface area contributed by atoms with Crippen LogP contribution in [0.2, 0.25) is 0 Å². The van der Waals surface area contributed by atoms with Gasteiger partial charge in [-0.3, -0.25) is 0 Å². The lowest BCUT2D eigenvalue weighted by Gasteiger charge is -2.39. The Bertz CT molecular complexity index is 263. The van der Waals surface area contributed by atoms with E-state index in [2.05, 4.69) is 36.4 Å². The molecule has 0 aromatic rings. The van der Waals surface area contributed by atoms with Crippen molar-refractivity contribution < 1.29 is 0 Å². The van der Waals surface area contributed by atoms with Crippen molar-refractivity contribution in [3.05, 3.63) is 0 Å². The van der Waals surface area contributed by atoms with E-state index in [9.17, 15) is 0 Å². The molecule has 3 heteroatoms. The van der Waals surface area contributed by atoms with Gasteiger partial charge in [-0.1, -0.05) is 19.8 Å². The molecule has 0 aliphatic carbocycles. The summed E-state index contributed by atoms with van der Waals surface area (Å²) in [4.78, 5) is 2.46. The van der Waals surface area contributed by atoms with Gasteiger partial charge in [-0.2, -0.15) is 0 Å². The molecule has 0 amide bonds. The molecule has 20 heavy (non-hydrogen) atoms. The summed E-state index contributed by atoms with van der Waals surface area (Å²) in [7, 11) is 2.24. The van der Waals surface area contributed by atoms with Gasteiger partial charge in [0.05, 0.1) is 0 Å². The minimum absolute atomic E-state index is 0.512. The molecule has 2 aliphatic heterocycles. The van der Waals surface area contributed by atoms with Crippen LogP contribution >= 0.6 is 0 Å². The highest BCUT2D eigenvalue weighted by Gasteiger charge is 2.29. The molecule has 2 unspecified atom stereocenters. The molecule has 2 N–H and O–H groups in total. The van der Waals surface area contributed by atoms with E-state index >= 15 is 0 Å². The predicted octanol–water partition coefficient (Wildman–Crippen LogP) is 2.62. The summed E-state index contributed by atoms with van der Waals surface area (Å²) in [6.45, 7) is 9.76. The first kappa shape index (κ1) is 16.3. The van der Waals surface area contributed by atoms with E-state index < -0.39 is 0 Å². The standard InChI is InChI=1S/C17H35N3/c1-15(13-16-7-5-4-6-10-18-16)19-14-17(2)8-11-20(3)12-9-17/h15-16,18-19H,4-14H2,1-3H3. The monoisotopic (exact) mass is 281 g/mol. The van der Waals surface area contributed by atoms with Gasteiger partial charge in [0.2, 0.25) is 0 Å². The second kappa shape index (κ2) is 7.77. The van der Waals surface area contributed by atoms with Gasteiger partial charge in [-0.25, -0.2) is 0 Å². The van der Waals surface area contributed by atoms with Crippen molar-refractivity contribution in [1.29, 1.82) is 0 Å². The van der Waals surface area contributed by atoms with Crippen molar-refractivity contribution in [1.82, 2.24) is 15.5 Å². The van der Waals surface area contributed by atoms with Crippen LogP contribution in [0.1, 0.15) is 58.8 Å². The molecule has 0 aromatic carbocycles. The average molecular weight is 281 g/mol. The van der Waals surface area contributed by atoms with Gasteiger partial charge in [0, 0.05) is 18.6 Å². The van der Waals surface area contributed by atoms with Crippen molar-refractivity contribution in [2.75, 3.05) is 33.2 Å². The summed E-state index contributed by atoms with van der Waals surface area (Å²) in [5.74, 6) is 0. The number of nitrogens with one attached hydrogen (secondary N) is 2. The third-order valence-corrected chi connectivity index (χ3v) is 5.37. The van der Waals surface area contributed by atoms with E-state index in [4.69, 9.17) is 0 Å². The lowest BCUT2D eigenvalue weighted by molar-refractivity contribution is 0.133. The van der Waals surface area contributed by atoms with E-state index in [1.807, 2.05) is 0 Å². The Hall–Kier alpha value is -0.120. The van der Waals surface area contributed by atoms with Crippen molar-refractivity contribution in [2.45, 2.75) is 70.9 Å². The zero-order valence-electron chi connectivity index (χ0n) is 13.9. The Kier molecular flexibility index (Phi) is 6.31. The van der Waals surface area contributed by atoms with Gasteiger partial charge >= 0.3 is 0 Å². The molecule has 0 saturated carbocycles. The molecule has 0 aromatic heterocycles. The molecule has 2 atom stereocenters. The average Bonchev–Trinajstić information content (AvgIpc) is 2.69. The van der Waals surface area contributed by atoms with Crippen molar-refractivity contribution in [3.8, 4) is 0 Å². The van der Waals surface area contributed by atoms with Crippen LogP contribution in [0.25, 0.3) is 0 Å². The number of hydrogen-bond donors (Lipinski definition) is 2. The largest absolute Gasteiger partial charge is 0.314 e. The summed E-state index contributed by atoms with van der Waals surface area (Å²) in [5, 5.41) is 7.54. The smallest absolute Gasteiger partial charge is 0.00817 e. The number of rotatable bonds is 5. The predicted molar refractivity (Wildman–Crippen MR) is 87.2 cm³/mol. The molecule has 2 fully saturated rings. The van der Waals surface area contributed by atoms with Crippen molar-refractivity contribution in [2.24, 2.45) is 5.41 Å². The quantitative estimate of drug-likeness (QED) is 0.811. The highest BCUT2D eigenvalue weighted by atomic mass is 15.1. The minimum atomic E-state index is 0.512. The van der Waals surface area contributed by atoms with Crippen LogP contribution in [0.4, 0.5) is 0 Å². The summed E-state index contributed by atoms with van der Waals surface area (Å²) in [6.07, 6.45) is 9.52. The first-order valence-corrected chi connectivity index (χ1v) is 8.73. The normalized spacial score (nSPS) is 29.9. The Morgan fingerprint density at radius 2 is 2.00 bits per heavy atom. The molecule has 2 aliphatic rings. The third kappa shape index (κ3) is 5.34. The maximum absolute atomic E-state index is 3.82. The number of likely N-dealkylation sites (tertiary alicyclic amines) is 1. The van der Waals surface area contributed by atoms with Gasteiger partial charge in [0.15, 0.2) is 0 Å². The Morgan fingerprint density at radius 3 is 2.75 bits per heavy atom. The third-order valence-electron chi connectivity index (χ3n) is 5.37. The fourth-order valence-corrected chi connectivity index (χ4v) is 3.57. The van der Waals surface area contributed by atoms with Crippen LogP contribution in [0.3, 0.4) is 0 Å². The zero-order chi connectivity index (χ0) is 14.4. The Labute approximate surface area is 125 Å². The number of hydrogen-bond acceptors (Lipinski definition) is 3. The highest BCUT2D eigenvalue weighted by molar-refractivity contribution is 4.85. The molecular weight excluding hydrogens is 246 g/mol. The first-order chi connectivity index (χ1) is 9.57. The van der Waals surface area contributed by atoms with E-state index in [0.717, 1.165) is 6.04 Å². The minimum Gasteiger partial charge on any atom is -0.314 e. The summed E-state index contributed by atoms with van der Waals surface area (Å²) >= 11 is 0. The van der Waals surface area contributed by atoms with Crippen LogP contribution < -0.4 is 10.6 Å². The zero-order valence-corrected chi connectivity index (χ0v) is 13.9. The van der Waals surface area contributed by atoms with Gasteiger partial charge in [-0.15, -0.1) is 0 Å². The maximum atomic E-state index is 3.82. The van der Waals surface area contributed by atoms with E-state index in [1.54, 1.807) is 0 Å². The second-order valence-electron chi connectivity index (χ2n) is 7.63. The second-order valence-corrected chi connectivity index (χ2v) is 7.63. The topological polar surface area (TPSA) is 27.3 Å². The molecule has 2 heterocycles. The maximum Gasteiger partial charge on any atom is 0.00817 e. The van der Waals surface area contributed by atoms with E-state index in [-0.39, 0.29) is 0 Å². The molecule has 2 rings (SSSR count). The Balaban J connectivity index is 1.67. The first-order valence-electron chi connectivity index (χ1n) is 8.73. The van der Waals surface area contributed by atoms with E-state index in [1.165, 1.54) is 71.1 Å². The van der Waals surface area contributed by atoms with Crippen LogP contribution in [0.5, 0.6) is 0 Å². The molecule has 118 valence electrons. The van der Waals surface area contributed by atoms with Gasteiger partial charge in [-0.05, 0) is 71.1 Å². The summed E-state index contributed by atoms with van der Waals surface area (Å²) in [6, 6.07) is 1.38. The van der Waals surface area contributed by atoms with Crippen molar-refractivity contribution >= 4 is 0 Å². The number of nitrogens with zero attached hydrogens (tertiary/aromatic N) is 1. The fraction of sp³-hybridized carbons (Fsp3) is 1.00. The molecule has 0 radical (unpaired) electrons. The van der Waals surface area contributed by atoms with Crippen LogP contribution in [-0.2, 0) is 0 Å². The Morgan fingerprint density at radius 1 is 1.25 bits per heavy atom. The van der Waals surface area contributed by atoms with Crippen LogP contribution in [0, 0.1) is 5.41 Å². The SMILES string of the molecule is CC(CC1CCCCCN1)NCC1(C)CCN(C)CC1. The fourth-order valence-electron chi connectivity index (χ4n) is 3.57. The lowest BCUT2D eigenvalue weighted by Crippen LogP contribution is -2.45. The molecule has 2 saturated heterocycles. The number of piperidine rings is 1. The highest BCUT2D eigenvalue weighted by Crippen LogP contribution is 2.29. The van der Waals surface area contributed by atoms with Gasteiger partial charge in [0.25, 0.3) is 0 Å². The molecule has 3 nitrogen and oxygen atoms in total. The van der Waals surface area contributed by atoms with Gasteiger partial charge < -0.3 is 15.5 Å². The lowest BCUT2D eigenvalue weighted by atomic mass is 9.80. The van der Waals surface area contributed by atoms with Crippen LogP contribution in [0.15, 0.2) is 0 Å². The van der Waals surface area contributed by atoms with E-state index in [0.29, 0.717) is 11.5 Å². The van der Waals surface area contributed by atoms with Gasteiger partial charge in [0.1, 0.15) is 0 Å².